The highest BCUT2D eigenvalue weighted by Crippen LogP contribution is 2.58. The summed E-state index contributed by atoms with van der Waals surface area (Å²) in [7, 11) is -4.11. The quantitative estimate of drug-likeness (QED) is 0.349. The van der Waals surface area contributed by atoms with Gasteiger partial charge in [-0.05, 0) is 51.4 Å². The van der Waals surface area contributed by atoms with E-state index in [-0.39, 0.29) is 23.6 Å². The monoisotopic (exact) mass is 637 g/mol. The third-order valence-electron chi connectivity index (χ3n) is 8.78. The molecule has 246 valence electrons. The van der Waals surface area contributed by atoms with Crippen LogP contribution in [0, 0.1) is 40.8 Å². The molecule has 1 aliphatic rings. The Morgan fingerprint density at radius 3 is 2.02 bits per heavy atom. The molecule has 0 aromatic carbocycles. The van der Waals surface area contributed by atoms with Crippen molar-refractivity contribution in [1.82, 2.24) is 19.7 Å². The number of hydrogen-bond acceptors (Lipinski definition) is 7. The lowest BCUT2D eigenvalue weighted by Gasteiger charge is -2.60. The summed E-state index contributed by atoms with van der Waals surface area (Å²) >= 11 is 0. The normalized spacial score (nSPS) is 23.5. The molecule has 1 aliphatic heterocycles. The summed E-state index contributed by atoms with van der Waals surface area (Å²) in [5, 5.41) is 28.8. The van der Waals surface area contributed by atoms with E-state index in [0.717, 1.165) is 18.0 Å². The van der Waals surface area contributed by atoms with Crippen molar-refractivity contribution in [1.29, 1.82) is 0 Å². The van der Waals surface area contributed by atoms with Gasteiger partial charge in [-0.3, -0.25) is 9.48 Å². The number of aryl methyl sites for hydroxylation is 1. The molecular weight excluding hydrogens is 589 g/mol. The fourth-order valence-corrected chi connectivity index (χ4v) is 8.14. The molecule has 44 heavy (non-hydrogen) atoms. The van der Waals surface area contributed by atoms with E-state index in [4.69, 9.17) is 0 Å². The molecule has 0 aliphatic carbocycles. The number of halogens is 1. The van der Waals surface area contributed by atoms with E-state index >= 15 is 4.39 Å². The first-order valence-electron chi connectivity index (χ1n) is 14.7. The number of nitrogens with one attached hydrogen (secondary N) is 1. The van der Waals surface area contributed by atoms with E-state index in [9.17, 15) is 28.2 Å². The maximum Gasteiger partial charge on any atom is 0.407 e. The van der Waals surface area contributed by atoms with Crippen LogP contribution in [0.3, 0.4) is 0 Å². The van der Waals surface area contributed by atoms with Crippen LogP contribution in [0.2, 0.25) is 0 Å². The largest absolute Gasteiger partial charge is 0.481 e. The SMILES string of the molecule is Cc1cc(Nc2cc(S(C)(=O)=O)c(F)c(C[C@@]3(C(=O)O)C(C(C)(C)C)CN(C(=O)O)[C@H](C)C3C(C)(C)C)n2)nn1C(C)(C)C. The Morgan fingerprint density at radius 1 is 1.05 bits per heavy atom. The number of likely N-dealkylation sites (tertiary alicyclic amines) is 1. The van der Waals surface area contributed by atoms with Crippen LogP contribution in [0.15, 0.2) is 17.0 Å². The number of carboxylic acid groups (broad SMARTS) is 2. The first kappa shape index (κ1) is 35.3. The van der Waals surface area contributed by atoms with Crippen molar-refractivity contribution in [3.63, 3.8) is 0 Å². The number of pyridine rings is 1. The van der Waals surface area contributed by atoms with Crippen molar-refractivity contribution in [3.05, 3.63) is 29.3 Å². The van der Waals surface area contributed by atoms with Crippen molar-refractivity contribution in [3.8, 4) is 0 Å². The predicted octanol–water partition coefficient (Wildman–Crippen LogP) is 5.95. The summed E-state index contributed by atoms with van der Waals surface area (Å²) in [5.41, 5.74) is -3.05. The molecule has 2 aromatic rings. The van der Waals surface area contributed by atoms with Crippen LogP contribution in [0.25, 0.3) is 0 Å². The van der Waals surface area contributed by atoms with E-state index in [1.54, 1.807) is 17.7 Å². The second kappa shape index (κ2) is 11.3. The number of sulfone groups is 1. The Morgan fingerprint density at radius 2 is 1.61 bits per heavy atom. The number of aliphatic carboxylic acids is 1. The van der Waals surface area contributed by atoms with Gasteiger partial charge in [-0.1, -0.05) is 41.5 Å². The Bertz CT molecular complexity index is 1550. The average Bonchev–Trinajstić information content (AvgIpc) is 3.18. The van der Waals surface area contributed by atoms with Gasteiger partial charge in [0, 0.05) is 49.0 Å². The first-order chi connectivity index (χ1) is 19.7. The van der Waals surface area contributed by atoms with Gasteiger partial charge in [-0.25, -0.2) is 22.6 Å². The molecule has 1 amide bonds. The lowest BCUT2D eigenvalue weighted by atomic mass is 9.48. The Hall–Kier alpha value is -3.22. The second-order valence-corrected chi connectivity index (χ2v) is 17.4. The minimum atomic E-state index is -4.11. The minimum absolute atomic E-state index is 0.00318. The van der Waals surface area contributed by atoms with Crippen molar-refractivity contribution >= 4 is 33.5 Å². The molecule has 0 bridgehead atoms. The van der Waals surface area contributed by atoms with Gasteiger partial charge in [0.1, 0.15) is 10.7 Å². The van der Waals surface area contributed by atoms with Crippen LogP contribution < -0.4 is 5.32 Å². The summed E-state index contributed by atoms with van der Waals surface area (Å²) in [6.45, 7) is 20.4. The third kappa shape index (κ3) is 6.57. The van der Waals surface area contributed by atoms with E-state index in [1.807, 2.05) is 69.2 Å². The van der Waals surface area contributed by atoms with Crippen molar-refractivity contribution in [2.24, 2.45) is 28.1 Å². The van der Waals surface area contributed by atoms with Gasteiger partial charge in [-0.2, -0.15) is 5.10 Å². The minimum Gasteiger partial charge on any atom is -0.481 e. The lowest BCUT2D eigenvalue weighted by Crippen LogP contribution is -2.68. The van der Waals surface area contributed by atoms with Gasteiger partial charge in [0.25, 0.3) is 0 Å². The smallest absolute Gasteiger partial charge is 0.407 e. The number of hydrogen-bond donors (Lipinski definition) is 3. The van der Waals surface area contributed by atoms with Crippen molar-refractivity contribution in [2.75, 3.05) is 18.1 Å². The molecule has 13 heteroatoms. The molecule has 0 spiro atoms. The van der Waals surface area contributed by atoms with Gasteiger partial charge < -0.3 is 20.4 Å². The maximum atomic E-state index is 16.3. The van der Waals surface area contributed by atoms with Gasteiger partial charge in [-0.15, -0.1) is 0 Å². The molecule has 11 nitrogen and oxygen atoms in total. The maximum absolute atomic E-state index is 16.3. The van der Waals surface area contributed by atoms with Gasteiger partial charge in [0.15, 0.2) is 21.5 Å². The lowest BCUT2D eigenvalue weighted by molar-refractivity contribution is -0.184. The third-order valence-corrected chi connectivity index (χ3v) is 9.88. The number of rotatable bonds is 6. The van der Waals surface area contributed by atoms with E-state index in [0.29, 0.717) is 5.82 Å². The summed E-state index contributed by atoms with van der Waals surface area (Å²) in [4.78, 5) is 31.2. The molecule has 2 unspecified atom stereocenters. The number of amides is 1. The summed E-state index contributed by atoms with van der Waals surface area (Å²) in [6.07, 6.45) is -0.739. The predicted molar refractivity (Wildman–Crippen MR) is 166 cm³/mol. The Labute approximate surface area is 260 Å². The average molecular weight is 638 g/mol. The molecule has 0 saturated carbocycles. The first-order valence-corrected chi connectivity index (χ1v) is 16.6. The molecule has 1 fully saturated rings. The van der Waals surface area contributed by atoms with Crippen molar-refractivity contribution < 1.29 is 32.6 Å². The summed E-state index contributed by atoms with van der Waals surface area (Å²) < 4.78 is 43.7. The highest BCUT2D eigenvalue weighted by Gasteiger charge is 2.64. The van der Waals surface area contributed by atoms with Crippen LogP contribution in [-0.4, -0.2) is 69.2 Å². The van der Waals surface area contributed by atoms with Gasteiger partial charge in [0.2, 0.25) is 0 Å². The van der Waals surface area contributed by atoms with Crippen LogP contribution in [0.1, 0.15) is 80.6 Å². The zero-order chi connectivity index (χ0) is 34.0. The van der Waals surface area contributed by atoms with Crippen LogP contribution in [0.5, 0.6) is 0 Å². The fraction of sp³-hybridized carbons (Fsp3) is 0.677. The van der Waals surface area contributed by atoms with E-state index in [2.05, 4.69) is 15.4 Å². The number of nitrogens with zero attached hydrogens (tertiary/aromatic N) is 4. The molecule has 4 atom stereocenters. The molecule has 2 aromatic heterocycles. The highest BCUT2D eigenvalue weighted by atomic mass is 32.2. The molecule has 3 heterocycles. The van der Waals surface area contributed by atoms with Crippen LogP contribution in [0.4, 0.5) is 20.8 Å². The number of anilines is 2. The molecule has 3 rings (SSSR count). The summed E-state index contributed by atoms with van der Waals surface area (Å²) in [6, 6.07) is 2.10. The van der Waals surface area contributed by atoms with E-state index < -0.39 is 73.2 Å². The number of carbonyl (C=O) groups is 2. The second-order valence-electron chi connectivity index (χ2n) is 15.4. The summed E-state index contributed by atoms with van der Waals surface area (Å²) in [5.74, 6) is -3.56. The number of aromatic nitrogens is 3. The van der Waals surface area contributed by atoms with Gasteiger partial charge >= 0.3 is 12.1 Å². The molecule has 1 saturated heterocycles. The number of piperidine rings is 1. The standard InChI is InChI=1S/C31H48FN5O6S/c1-17-13-23(35-37(17)30(9,10)11)34-22-14-20(44(12,42)43)24(32)19(33-22)15-31(26(38)39)21(28(3,4)5)16-36(27(40)41)18(2)25(31)29(6,7)8/h13-14,18,21,25H,15-16H2,1-12H3,(H,38,39)(H,40,41)(H,33,34,35)/t18-,21?,25?,31-/m1/s1. The molecule has 0 radical (unpaired) electrons. The number of carboxylic acids is 1. The Kier molecular flexibility index (Phi) is 9.05. The van der Waals surface area contributed by atoms with Crippen molar-refractivity contribution in [2.45, 2.75) is 99.1 Å². The van der Waals surface area contributed by atoms with Crippen LogP contribution in [-0.2, 0) is 26.6 Å². The zero-order valence-corrected chi connectivity index (χ0v) is 28.7. The highest BCUT2D eigenvalue weighted by molar-refractivity contribution is 7.90. The van der Waals surface area contributed by atoms with E-state index in [1.165, 1.54) is 4.90 Å². The molecule has 3 N–H and O–H groups in total. The topological polar surface area (TPSA) is 155 Å². The zero-order valence-electron chi connectivity index (χ0n) is 27.9. The van der Waals surface area contributed by atoms with Gasteiger partial charge in [0.05, 0.1) is 16.6 Å². The fourth-order valence-electron chi connectivity index (χ4n) is 7.37. The molecular formula is C31H48FN5O6S. The Balaban J connectivity index is 2.34. The van der Waals surface area contributed by atoms with Crippen LogP contribution >= 0.6 is 0 Å².